The Kier molecular flexibility index (Phi) is 4.43. The molecular weight excluding hydrogens is 348 g/mol. The monoisotopic (exact) mass is 370 g/mol. The molecule has 4 rings (SSSR count). The number of piperidine rings is 1. The van der Waals surface area contributed by atoms with Crippen molar-refractivity contribution < 1.29 is 19.2 Å². The van der Waals surface area contributed by atoms with Gasteiger partial charge in [0.2, 0.25) is 11.8 Å². The summed E-state index contributed by atoms with van der Waals surface area (Å²) in [6.07, 6.45) is 4.03. The van der Waals surface area contributed by atoms with E-state index in [0.29, 0.717) is 11.3 Å². The summed E-state index contributed by atoms with van der Waals surface area (Å²) >= 11 is 0. The molecule has 2 aliphatic heterocycles. The van der Waals surface area contributed by atoms with Gasteiger partial charge in [-0.2, -0.15) is 0 Å². The second-order valence-electron chi connectivity index (χ2n) is 7.44. The lowest BCUT2D eigenvalue weighted by Gasteiger charge is -2.29. The van der Waals surface area contributed by atoms with Crippen molar-refractivity contribution in [2.24, 2.45) is 5.73 Å². The molecule has 142 valence electrons. The van der Waals surface area contributed by atoms with E-state index in [9.17, 15) is 19.2 Å². The van der Waals surface area contributed by atoms with Crippen molar-refractivity contribution in [2.45, 2.75) is 56.7 Å². The Labute approximate surface area is 156 Å². The molecule has 8 heteroatoms. The minimum atomic E-state index is -0.953. The molecule has 1 saturated heterocycles. The van der Waals surface area contributed by atoms with Gasteiger partial charge in [-0.15, -0.1) is 0 Å². The first-order valence-electron chi connectivity index (χ1n) is 9.32. The Hall–Kier alpha value is -2.74. The van der Waals surface area contributed by atoms with Crippen molar-refractivity contribution in [2.75, 3.05) is 5.32 Å². The number of imide groups is 2. The number of nitrogens with zero attached hydrogens (tertiary/aromatic N) is 1. The van der Waals surface area contributed by atoms with Crippen LogP contribution in [0.5, 0.6) is 0 Å². The van der Waals surface area contributed by atoms with Crippen LogP contribution < -0.4 is 16.4 Å². The largest absolute Gasteiger partial charge is 0.382 e. The predicted octanol–water partition coefficient (Wildman–Crippen LogP) is 0.770. The summed E-state index contributed by atoms with van der Waals surface area (Å²) in [6, 6.07) is 4.42. The van der Waals surface area contributed by atoms with Gasteiger partial charge in [0.15, 0.2) is 0 Å². The number of hydrogen-bond donors (Lipinski definition) is 3. The summed E-state index contributed by atoms with van der Waals surface area (Å²) in [4.78, 5) is 50.4. The maximum atomic E-state index is 13.0. The van der Waals surface area contributed by atoms with E-state index in [1.54, 1.807) is 18.2 Å². The van der Waals surface area contributed by atoms with E-state index < -0.39 is 23.8 Å². The van der Waals surface area contributed by atoms with E-state index in [1.165, 1.54) is 0 Å². The van der Waals surface area contributed by atoms with Crippen LogP contribution in [0.15, 0.2) is 18.2 Å². The number of nitrogens with two attached hydrogens (primary N) is 1. The van der Waals surface area contributed by atoms with Crippen LogP contribution in [-0.2, 0) is 9.59 Å². The van der Waals surface area contributed by atoms with Crippen molar-refractivity contribution in [3.63, 3.8) is 0 Å². The second-order valence-corrected chi connectivity index (χ2v) is 7.44. The Morgan fingerprint density at radius 3 is 2.63 bits per heavy atom. The summed E-state index contributed by atoms with van der Waals surface area (Å²) in [5, 5.41) is 5.58. The van der Waals surface area contributed by atoms with Crippen molar-refractivity contribution in [3.8, 4) is 0 Å². The van der Waals surface area contributed by atoms with E-state index >= 15 is 0 Å². The molecule has 3 atom stereocenters. The van der Waals surface area contributed by atoms with Gasteiger partial charge in [-0.25, -0.2) is 0 Å². The topological polar surface area (TPSA) is 122 Å². The molecule has 0 spiro atoms. The van der Waals surface area contributed by atoms with Gasteiger partial charge in [0.25, 0.3) is 11.8 Å². The molecule has 4 N–H and O–H groups in total. The van der Waals surface area contributed by atoms with Crippen LogP contribution in [0.4, 0.5) is 5.69 Å². The zero-order valence-electron chi connectivity index (χ0n) is 14.9. The molecule has 27 heavy (non-hydrogen) atoms. The molecule has 0 aromatic heterocycles. The van der Waals surface area contributed by atoms with E-state index in [2.05, 4.69) is 10.6 Å². The fourth-order valence-electron chi connectivity index (χ4n) is 4.21. The number of carbonyl (C=O) groups is 4. The first-order chi connectivity index (χ1) is 13.0. The number of carbonyl (C=O) groups excluding carboxylic acids is 4. The Morgan fingerprint density at radius 1 is 1.07 bits per heavy atom. The molecule has 2 fully saturated rings. The molecule has 1 aromatic rings. The molecule has 0 radical (unpaired) electrons. The summed E-state index contributed by atoms with van der Waals surface area (Å²) in [7, 11) is 0. The number of fused-ring (bicyclic) bond motifs is 1. The molecule has 4 amide bonds. The van der Waals surface area contributed by atoms with Crippen molar-refractivity contribution in [1.29, 1.82) is 0 Å². The molecule has 3 unspecified atom stereocenters. The highest BCUT2D eigenvalue weighted by Crippen LogP contribution is 2.33. The molecule has 2 heterocycles. The van der Waals surface area contributed by atoms with Gasteiger partial charge >= 0.3 is 0 Å². The average molecular weight is 370 g/mol. The Balaban J connectivity index is 1.61. The van der Waals surface area contributed by atoms with Crippen LogP contribution >= 0.6 is 0 Å². The smallest absolute Gasteiger partial charge is 0.264 e. The molecule has 1 saturated carbocycles. The average Bonchev–Trinajstić information content (AvgIpc) is 2.87. The third-order valence-corrected chi connectivity index (χ3v) is 5.54. The van der Waals surface area contributed by atoms with Crippen LogP contribution in [0.25, 0.3) is 0 Å². The minimum Gasteiger partial charge on any atom is -0.382 e. The number of rotatable bonds is 3. The number of amides is 4. The van der Waals surface area contributed by atoms with Crippen LogP contribution in [0, 0.1) is 0 Å². The highest BCUT2D eigenvalue weighted by Gasteiger charge is 2.45. The van der Waals surface area contributed by atoms with Gasteiger partial charge in [-0.05, 0) is 44.2 Å². The molecule has 1 aliphatic carbocycles. The minimum absolute atomic E-state index is 0.106. The maximum Gasteiger partial charge on any atom is 0.264 e. The SMILES string of the molecule is NC1CCCC(Nc2cccc3c2C(=O)N(C2CCC(=O)NC2=O)C3=O)C1. The maximum absolute atomic E-state index is 13.0. The highest BCUT2D eigenvalue weighted by atomic mass is 16.2. The molecule has 3 aliphatic rings. The van der Waals surface area contributed by atoms with Crippen LogP contribution in [-0.4, -0.2) is 46.7 Å². The summed E-state index contributed by atoms with van der Waals surface area (Å²) < 4.78 is 0. The third-order valence-electron chi connectivity index (χ3n) is 5.54. The van der Waals surface area contributed by atoms with Gasteiger partial charge in [0.05, 0.1) is 11.1 Å². The lowest BCUT2D eigenvalue weighted by Crippen LogP contribution is -2.54. The summed E-state index contributed by atoms with van der Waals surface area (Å²) in [5.41, 5.74) is 7.23. The molecule has 8 nitrogen and oxygen atoms in total. The Morgan fingerprint density at radius 2 is 1.89 bits per heavy atom. The van der Waals surface area contributed by atoms with Gasteiger partial charge in [0.1, 0.15) is 6.04 Å². The molecular formula is C19H22N4O4. The number of hydrogen-bond acceptors (Lipinski definition) is 6. The van der Waals surface area contributed by atoms with Gasteiger partial charge in [-0.1, -0.05) is 6.07 Å². The van der Waals surface area contributed by atoms with E-state index in [-0.39, 0.29) is 36.4 Å². The third kappa shape index (κ3) is 3.10. The number of nitrogens with one attached hydrogen (secondary N) is 2. The first-order valence-corrected chi connectivity index (χ1v) is 9.32. The lowest BCUT2D eigenvalue weighted by atomic mass is 9.91. The fraction of sp³-hybridized carbons (Fsp3) is 0.474. The standard InChI is InChI=1S/C19H22N4O4/c20-10-3-1-4-11(9-10)21-13-6-2-5-12-16(13)19(27)23(18(12)26)14-7-8-15(24)22-17(14)25/h2,5-6,10-11,14,21H,1,3-4,7-9,20H2,(H,22,24,25). The fourth-order valence-corrected chi connectivity index (χ4v) is 4.21. The number of benzene rings is 1. The van der Waals surface area contributed by atoms with E-state index in [4.69, 9.17) is 5.73 Å². The zero-order chi connectivity index (χ0) is 19.1. The van der Waals surface area contributed by atoms with Crippen molar-refractivity contribution >= 4 is 29.3 Å². The molecule has 0 bridgehead atoms. The predicted molar refractivity (Wildman–Crippen MR) is 97.0 cm³/mol. The summed E-state index contributed by atoms with van der Waals surface area (Å²) in [6.45, 7) is 0. The van der Waals surface area contributed by atoms with Gasteiger partial charge in [0, 0.05) is 24.2 Å². The number of anilines is 1. The van der Waals surface area contributed by atoms with Crippen molar-refractivity contribution in [3.05, 3.63) is 29.3 Å². The van der Waals surface area contributed by atoms with Gasteiger partial charge in [-0.3, -0.25) is 29.4 Å². The Bertz CT molecular complexity index is 837. The first kappa shape index (κ1) is 17.7. The van der Waals surface area contributed by atoms with Gasteiger partial charge < -0.3 is 11.1 Å². The zero-order valence-corrected chi connectivity index (χ0v) is 14.9. The van der Waals surface area contributed by atoms with Crippen LogP contribution in [0.3, 0.4) is 0 Å². The van der Waals surface area contributed by atoms with Crippen LogP contribution in [0.2, 0.25) is 0 Å². The summed E-state index contributed by atoms with van der Waals surface area (Å²) in [5.74, 6) is -1.97. The normalized spacial score (nSPS) is 28.2. The molecule has 1 aromatic carbocycles. The highest BCUT2D eigenvalue weighted by molar-refractivity contribution is 6.25. The lowest BCUT2D eigenvalue weighted by molar-refractivity contribution is -0.136. The van der Waals surface area contributed by atoms with Crippen LogP contribution in [0.1, 0.15) is 59.2 Å². The van der Waals surface area contributed by atoms with E-state index in [0.717, 1.165) is 30.6 Å². The quantitative estimate of drug-likeness (QED) is 0.676. The second kappa shape index (κ2) is 6.77. The van der Waals surface area contributed by atoms with Crippen molar-refractivity contribution in [1.82, 2.24) is 10.2 Å². The van der Waals surface area contributed by atoms with E-state index in [1.807, 2.05) is 0 Å².